The van der Waals surface area contributed by atoms with Gasteiger partial charge in [0.1, 0.15) is 17.7 Å². The van der Waals surface area contributed by atoms with Gasteiger partial charge in [0.2, 0.25) is 0 Å². The van der Waals surface area contributed by atoms with Crippen molar-refractivity contribution in [1.29, 1.82) is 5.26 Å². The van der Waals surface area contributed by atoms with Gasteiger partial charge in [0.25, 0.3) is 0 Å². The van der Waals surface area contributed by atoms with Crippen LogP contribution in [0.15, 0.2) is 43.0 Å². The number of aromatic nitrogens is 5. The summed E-state index contributed by atoms with van der Waals surface area (Å²) in [5, 5.41) is 20.2. The lowest BCUT2D eigenvalue weighted by atomic mass is 9.78. The highest BCUT2D eigenvalue weighted by Gasteiger charge is 2.33. The van der Waals surface area contributed by atoms with Crippen molar-refractivity contribution in [2.45, 2.75) is 51.5 Å². The van der Waals surface area contributed by atoms with Crippen LogP contribution in [0.1, 0.15) is 56.6 Å². The number of hydrogen-bond donors (Lipinski definition) is 3. The molecule has 1 saturated heterocycles. The fraction of sp³-hybridized carbons (Fsp3) is 0.379. The van der Waals surface area contributed by atoms with Crippen LogP contribution in [0.2, 0.25) is 0 Å². The SMILES string of the molecule is CC1(C)CNCC[C@@H]1Nc1nc(-c2ccnc(Nc3ncc(C#N)cc3F)c2)nc2cncc(C3CCC3)c12. The molecule has 0 bridgehead atoms. The average Bonchev–Trinajstić information content (AvgIpc) is 2.90. The molecule has 10 heteroatoms. The van der Waals surface area contributed by atoms with Gasteiger partial charge in [-0.3, -0.25) is 4.98 Å². The number of fused-ring (bicyclic) bond motifs is 1. The van der Waals surface area contributed by atoms with Crippen LogP contribution in [-0.4, -0.2) is 44.1 Å². The second-order valence-electron chi connectivity index (χ2n) is 11.0. The van der Waals surface area contributed by atoms with E-state index in [0.29, 0.717) is 17.6 Å². The van der Waals surface area contributed by atoms with Crippen molar-refractivity contribution < 1.29 is 4.39 Å². The Kier molecular flexibility index (Phi) is 6.53. The summed E-state index contributed by atoms with van der Waals surface area (Å²) in [6, 6.07) is 6.86. The first-order valence-corrected chi connectivity index (χ1v) is 13.3. The number of pyridine rings is 3. The van der Waals surface area contributed by atoms with Crippen LogP contribution in [0, 0.1) is 22.6 Å². The maximum absolute atomic E-state index is 14.4. The van der Waals surface area contributed by atoms with Crippen molar-refractivity contribution in [2.24, 2.45) is 5.41 Å². The molecule has 39 heavy (non-hydrogen) atoms. The van der Waals surface area contributed by atoms with Gasteiger partial charge in [-0.05, 0) is 60.9 Å². The summed E-state index contributed by atoms with van der Waals surface area (Å²) in [6.45, 7) is 6.42. The van der Waals surface area contributed by atoms with E-state index in [2.05, 4.69) is 44.7 Å². The number of nitrogens with zero attached hydrogens (tertiary/aromatic N) is 6. The maximum Gasteiger partial charge on any atom is 0.167 e. The topological polar surface area (TPSA) is 124 Å². The molecule has 4 aromatic rings. The van der Waals surface area contributed by atoms with Crippen molar-refractivity contribution in [2.75, 3.05) is 23.7 Å². The molecule has 0 aromatic carbocycles. The van der Waals surface area contributed by atoms with Crippen molar-refractivity contribution in [1.82, 2.24) is 30.2 Å². The largest absolute Gasteiger partial charge is 0.366 e. The molecule has 9 nitrogen and oxygen atoms in total. The Balaban J connectivity index is 1.41. The molecule has 1 aliphatic heterocycles. The van der Waals surface area contributed by atoms with Crippen LogP contribution in [-0.2, 0) is 0 Å². The van der Waals surface area contributed by atoms with Gasteiger partial charge in [-0.25, -0.2) is 24.3 Å². The minimum Gasteiger partial charge on any atom is -0.366 e. The molecule has 198 valence electrons. The molecular weight excluding hydrogens is 493 g/mol. The minimum atomic E-state index is -0.631. The van der Waals surface area contributed by atoms with Gasteiger partial charge >= 0.3 is 0 Å². The van der Waals surface area contributed by atoms with E-state index in [1.54, 1.807) is 18.5 Å². The van der Waals surface area contributed by atoms with E-state index in [0.717, 1.165) is 60.7 Å². The zero-order chi connectivity index (χ0) is 27.0. The minimum absolute atomic E-state index is 0.0112. The van der Waals surface area contributed by atoms with Crippen LogP contribution < -0.4 is 16.0 Å². The Labute approximate surface area is 226 Å². The molecule has 0 amide bonds. The lowest BCUT2D eigenvalue weighted by molar-refractivity contribution is 0.236. The molecule has 0 radical (unpaired) electrons. The smallest absolute Gasteiger partial charge is 0.167 e. The number of anilines is 3. The zero-order valence-corrected chi connectivity index (χ0v) is 22.0. The molecule has 0 spiro atoms. The average molecular weight is 524 g/mol. The molecule has 3 N–H and O–H groups in total. The highest BCUT2D eigenvalue weighted by molar-refractivity contribution is 5.93. The first kappa shape index (κ1) is 25.1. The van der Waals surface area contributed by atoms with Gasteiger partial charge < -0.3 is 16.0 Å². The third-order valence-corrected chi connectivity index (χ3v) is 7.86. The first-order chi connectivity index (χ1) is 18.9. The van der Waals surface area contributed by atoms with Crippen LogP contribution in [0.4, 0.5) is 21.8 Å². The maximum atomic E-state index is 14.4. The summed E-state index contributed by atoms with van der Waals surface area (Å²) in [7, 11) is 0. The van der Waals surface area contributed by atoms with Gasteiger partial charge in [-0.2, -0.15) is 5.26 Å². The van der Waals surface area contributed by atoms with E-state index in [9.17, 15) is 4.39 Å². The van der Waals surface area contributed by atoms with Crippen LogP contribution in [0.25, 0.3) is 22.3 Å². The fourth-order valence-electron chi connectivity index (χ4n) is 5.32. The molecular formula is C29H30FN9. The molecule has 2 fully saturated rings. The third kappa shape index (κ3) is 4.98. The Morgan fingerprint density at radius 1 is 1.08 bits per heavy atom. The highest BCUT2D eigenvalue weighted by Crippen LogP contribution is 2.42. The molecule has 6 rings (SSSR count). The van der Waals surface area contributed by atoms with Gasteiger partial charge in [-0.1, -0.05) is 20.3 Å². The predicted molar refractivity (Wildman–Crippen MR) is 148 cm³/mol. The molecule has 2 aliphatic rings. The van der Waals surface area contributed by atoms with Crippen molar-refractivity contribution in [3.05, 3.63) is 59.9 Å². The standard InChI is InChI=1S/C29H30FN9/c1-29(2)16-32-8-7-23(29)37-28-25-20(18-4-3-5-18)14-33-15-22(25)36-26(39-28)19-6-9-34-24(11-19)38-27-21(30)10-17(12-31)13-35-27/h6,9-11,13-15,18,23,32H,3-5,7-8,16H2,1-2H3,(H,34,35,38)(H,36,37,39)/t23-/m0/s1. The van der Waals surface area contributed by atoms with Crippen LogP contribution in [0.5, 0.6) is 0 Å². The third-order valence-electron chi connectivity index (χ3n) is 7.86. The molecule has 1 aliphatic carbocycles. The van der Waals surface area contributed by atoms with E-state index in [1.807, 2.05) is 18.3 Å². The second-order valence-corrected chi connectivity index (χ2v) is 11.0. The summed E-state index contributed by atoms with van der Waals surface area (Å²) in [6.07, 6.45) is 11.2. The normalized spacial score (nSPS) is 18.8. The zero-order valence-electron chi connectivity index (χ0n) is 22.0. The number of hydrogen-bond acceptors (Lipinski definition) is 9. The molecule has 4 aromatic heterocycles. The Bertz CT molecular complexity index is 1580. The van der Waals surface area contributed by atoms with Crippen molar-refractivity contribution in [3.8, 4) is 17.5 Å². The Morgan fingerprint density at radius 2 is 1.95 bits per heavy atom. The fourth-order valence-corrected chi connectivity index (χ4v) is 5.32. The number of halogens is 1. The molecule has 1 atom stereocenters. The van der Waals surface area contributed by atoms with Crippen LogP contribution in [0.3, 0.4) is 0 Å². The quantitative estimate of drug-likeness (QED) is 0.309. The van der Waals surface area contributed by atoms with Crippen molar-refractivity contribution in [3.63, 3.8) is 0 Å². The highest BCUT2D eigenvalue weighted by atomic mass is 19.1. The first-order valence-electron chi connectivity index (χ1n) is 13.3. The number of nitriles is 1. The number of piperidine rings is 1. The summed E-state index contributed by atoms with van der Waals surface area (Å²) in [5.74, 6) is 1.58. The van der Waals surface area contributed by atoms with E-state index < -0.39 is 5.82 Å². The van der Waals surface area contributed by atoms with E-state index in [4.69, 9.17) is 15.2 Å². The number of rotatable bonds is 6. The second kappa shape index (κ2) is 10.2. The van der Waals surface area contributed by atoms with Gasteiger partial charge in [0, 0.05) is 42.1 Å². The van der Waals surface area contributed by atoms with Gasteiger partial charge in [-0.15, -0.1) is 0 Å². The van der Waals surface area contributed by atoms with Crippen LogP contribution >= 0.6 is 0 Å². The Morgan fingerprint density at radius 3 is 2.69 bits per heavy atom. The monoisotopic (exact) mass is 523 g/mol. The lowest BCUT2D eigenvalue weighted by Crippen LogP contribution is -2.49. The Hall–Kier alpha value is -4.23. The summed E-state index contributed by atoms with van der Waals surface area (Å²) in [5.41, 5.74) is 2.93. The summed E-state index contributed by atoms with van der Waals surface area (Å²) < 4.78 is 14.4. The summed E-state index contributed by atoms with van der Waals surface area (Å²) >= 11 is 0. The summed E-state index contributed by atoms with van der Waals surface area (Å²) in [4.78, 5) is 22.9. The molecule has 5 heterocycles. The lowest BCUT2D eigenvalue weighted by Gasteiger charge is -2.40. The molecule has 1 saturated carbocycles. The van der Waals surface area contributed by atoms with E-state index in [1.165, 1.54) is 18.2 Å². The predicted octanol–water partition coefficient (Wildman–Crippen LogP) is 5.30. The van der Waals surface area contributed by atoms with Gasteiger partial charge in [0.15, 0.2) is 17.5 Å². The molecule has 0 unspecified atom stereocenters. The van der Waals surface area contributed by atoms with Crippen molar-refractivity contribution >= 4 is 28.4 Å². The number of nitrogens with one attached hydrogen (secondary N) is 3. The van der Waals surface area contributed by atoms with E-state index in [-0.39, 0.29) is 22.8 Å². The van der Waals surface area contributed by atoms with Gasteiger partial charge in [0.05, 0.1) is 17.3 Å². The van der Waals surface area contributed by atoms with E-state index >= 15 is 0 Å².